The lowest BCUT2D eigenvalue weighted by Crippen LogP contribution is -2.38. The summed E-state index contributed by atoms with van der Waals surface area (Å²) in [6.07, 6.45) is 2.35. The normalized spacial score (nSPS) is 15.7. The molecule has 2 N–H and O–H groups in total. The SMILES string of the molecule is CC[C@@H](C)Oc1ccc(/C=C2\NC(=O)N(CC(=O)Nc3ccc(Cl)cc3)C2=O)cc1Cl. The van der Waals surface area contributed by atoms with Gasteiger partial charge in [-0.1, -0.05) is 36.2 Å². The quantitative estimate of drug-likeness (QED) is 0.461. The highest BCUT2D eigenvalue weighted by atomic mass is 35.5. The summed E-state index contributed by atoms with van der Waals surface area (Å²) in [5.74, 6) is -0.575. The molecule has 1 heterocycles. The second-order valence-corrected chi connectivity index (χ2v) is 7.80. The van der Waals surface area contributed by atoms with E-state index in [4.69, 9.17) is 27.9 Å². The number of imide groups is 1. The van der Waals surface area contributed by atoms with Gasteiger partial charge in [-0.15, -0.1) is 0 Å². The summed E-state index contributed by atoms with van der Waals surface area (Å²) in [5, 5.41) is 6.02. The lowest BCUT2D eigenvalue weighted by Gasteiger charge is -2.14. The van der Waals surface area contributed by atoms with Crippen LogP contribution in [0.3, 0.4) is 0 Å². The number of amides is 4. The molecule has 0 spiro atoms. The van der Waals surface area contributed by atoms with Crippen molar-refractivity contribution in [3.05, 3.63) is 63.8 Å². The Hall–Kier alpha value is -3.03. The first-order valence-electron chi connectivity index (χ1n) is 9.63. The minimum atomic E-state index is -0.676. The first-order valence-corrected chi connectivity index (χ1v) is 10.4. The van der Waals surface area contributed by atoms with Crippen LogP contribution < -0.4 is 15.4 Å². The van der Waals surface area contributed by atoms with Crippen LogP contribution in [0.25, 0.3) is 6.08 Å². The van der Waals surface area contributed by atoms with Gasteiger partial charge in [0.2, 0.25) is 5.91 Å². The Kier molecular flexibility index (Phi) is 7.20. The zero-order valence-electron chi connectivity index (χ0n) is 16.9. The first kappa shape index (κ1) is 22.7. The largest absolute Gasteiger partial charge is 0.489 e. The van der Waals surface area contributed by atoms with Gasteiger partial charge in [-0.25, -0.2) is 9.69 Å². The molecule has 0 saturated carbocycles. The van der Waals surface area contributed by atoms with Gasteiger partial charge in [0.25, 0.3) is 5.91 Å². The van der Waals surface area contributed by atoms with Gasteiger partial charge in [0.15, 0.2) is 0 Å². The molecule has 2 aromatic carbocycles. The molecule has 1 saturated heterocycles. The van der Waals surface area contributed by atoms with Crippen molar-refractivity contribution in [3.8, 4) is 5.75 Å². The van der Waals surface area contributed by atoms with Gasteiger partial charge in [-0.2, -0.15) is 0 Å². The smallest absolute Gasteiger partial charge is 0.329 e. The van der Waals surface area contributed by atoms with Crippen LogP contribution in [0.1, 0.15) is 25.8 Å². The Labute approximate surface area is 190 Å². The van der Waals surface area contributed by atoms with E-state index in [9.17, 15) is 14.4 Å². The Morgan fingerprint density at radius 3 is 2.55 bits per heavy atom. The molecule has 1 atom stereocenters. The van der Waals surface area contributed by atoms with Crippen LogP contribution in [-0.4, -0.2) is 35.4 Å². The fourth-order valence-electron chi connectivity index (χ4n) is 2.76. The van der Waals surface area contributed by atoms with E-state index in [0.717, 1.165) is 11.3 Å². The third kappa shape index (κ3) is 5.77. The zero-order chi connectivity index (χ0) is 22.5. The van der Waals surface area contributed by atoms with E-state index in [0.29, 0.717) is 27.0 Å². The Balaban J connectivity index is 1.67. The Morgan fingerprint density at radius 2 is 1.90 bits per heavy atom. The van der Waals surface area contributed by atoms with E-state index in [1.54, 1.807) is 42.5 Å². The second-order valence-electron chi connectivity index (χ2n) is 6.96. The van der Waals surface area contributed by atoms with Gasteiger partial charge in [0.1, 0.15) is 18.0 Å². The summed E-state index contributed by atoms with van der Waals surface area (Å²) in [5.41, 5.74) is 1.17. The summed E-state index contributed by atoms with van der Waals surface area (Å²) in [6.45, 7) is 3.52. The summed E-state index contributed by atoms with van der Waals surface area (Å²) in [4.78, 5) is 37.9. The number of anilines is 1. The van der Waals surface area contributed by atoms with E-state index in [1.165, 1.54) is 6.08 Å². The number of rotatable bonds is 7. The van der Waals surface area contributed by atoms with Crippen molar-refractivity contribution in [1.29, 1.82) is 0 Å². The average molecular weight is 462 g/mol. The van der Waals surface area contributed by atoms with Gasteiger partial charge >= 0.3 is 6.03 Å². The molecule has 162 valence electrons. The van der Waals surface area contributed by atoms with E-state index in [1.807, 2.05) is 13.8 Å². The van der Waals surface area contributed by atoms with Crippen molar-refractivity contribution in [2.45, 2.75) is 26.4 Å². The number of urea groups is 1. The van der Waals surface area contributed by atoms with Crippen molar-refractivity contribution in [3.63, 3.8) is 0 Å². The summed E-state index contributed by atoms with van der Waals surface area (Å²) >= 11 is 12.1. The molecular weight excluding hydrogens is 441 g/mol. The molecule has 4 amide bonds. The fourth-order valence-corrected chi connectivity index (χ4v) is 3.12. The fraction of sp³-hybridized carbons (Fsp3) is 0.227. The first-order chi connectivity index (χ1) is 14.8. The van der Waals surface area contributed by atoms with Crippen molar-refractivity contribution in [2.24, 2.45) is 0 Å². The summed E-state index contributed by atoms with van der Waals surface area (Å²) in [6, 6.07) is 10.9. The van der Waals surface area contributed by atoms with E-state index in [2.05, 4.69) is 10.6 Å². The average Bonchev–Trinajstić information content (AvgIpc) is 2.99. The number of ether oxygens (including phenoxy) is 1. The molecule has 1 aliphatic heterocycles. The number of nitrogens with one attached hydrogen (secondary N) is 2. The molecule has 1 aliphatic rings. The van der Waals surface area contributed by atoms with E-state index >= 15 is 0 Å². The third-order valence-corrected chi connectivity index (χ3v) is 5.11. The van der Waals surface area contributed by atoms with Crippen LogP contribution in [0.5, 0.6) is 5.75 Å². The maximum Gasteiger partial charge on any atom is 0.329 e. The number of halogens is 2. The molecule has 31 heavy (non-hydrogen) atoms. The van der Waals surface area contributed by atoms with Crippen molar-refractivity contribution >= 4 is 52.8 Å². The number of carbonyl (C=O) groups is 3. The predicted octanol–water partition coefficient (Wildman–Crippen LogP) is 4.70. The molecule has 3 rings (SSSR count). The predicted molar refractivity (Wildman–Crippen MR) is 120 cm³/mol. The molecule has 7 nitrogen and oxygen atoms in total. The van der Waals surface area contributed by atoms with Gasteiger partial charge in [0.05, 0.1) is 11.1 Å². The molecule has 9 heteroatoms. The van der Waals surface area contributed by atoms with Gasteiger partial charge < -0.3 is 15.4 Å². The van der Waals surface area contributed by atoms with Crippen molar-refractivity contribution in [2.75, 3.05) is 11.9 Å². The zero-order valence-corrected chi connectivity index (χ0v) is 18.5. The van der Waals surface area contributed by atoms with Crippen LogP contribution in [0.2, 0.25) is 10.0 Å². The third-order valence-electron chi connectivity index (χ3n) is 4.56. The topological polar surface area (TPSA) is 87.7 Å². The summed E-state index contributed by atoms with van der Waals surface area (Å²) in [7, 11) is 0. The molecule has 0 bridgehead atoms. The summed E-state index contributed by atoms with van der Waals surface area (Å²) < 4.78 is 5.72. The Bertz CT molecular complexity index is 1040. The number of hydrogen-bond donors (Lipinski definition) is 2. The van der Waals surface area contributed by atoms with E-state index in [-0.39, 0.29) is 11.8 Å². The molecule has 0 unspecified atom stereocenters. The maximum atomic E-state index is 12.6. The number of hydrogen-bond acceptors (Lipinski definition) is 4. The van der Waals surface area contributed by atoms with Crippen molar-refractivity contribution in [1.82, 2.24) is 10.2 Å². The van der Waals surface area contributed by atoms with Gasteiger partial charge in [-0.3, -0.25) is 9.59 Å². The molecule has 0 radical (unpaired) electrons. The van der Waals surface area contributed by atoms with E-state index < -0.39 is 24.4 Å². The molecule has 0 aromatic heterocycles. The standard InChI is InChI=1S/C22H21Cl2N3O4/c1-3-13(2)31-19-9-4-14(10-17(19)24)11-18-21(29)27(22(30)26-18)12-20(28)25-16-7-5-15(23)6-8-16/h4-11,13H,3,12H2,1-2H3,(H,25,28)(H,26,30)/b18-11-/t13-/m1/s1. The van der Waals surface area contributed by atoms with Gasteiger partial charge in [0, 0.05) is 10.7 Å². The van der Waals surface area contributed by atoms with Gasteiger partial charge in [-0.05, 0) is 61.4 Å². The Morgan fingerprint density at radius 1 is 1.19 bits per heavy atom. The highest BCUT2D eigenvalue weighted by molar-refractivity contribution is 6.32. The molecule has 2 aromatic rings. The lowest BCUT2D eigenvalue weighted by atomic mass is 10.1. The number of nitrogens with zero attached hydrogens (tertiary/aromatic N) is 1. The van der Waals surface area contributed by atoms with Crippen molar-refractivity contribution < 1.29 is 19.1 Å². The van der Waals surface area contributed by atoms with Crippen LogP contribution in [0.15, 0.2) is 48.2 Å². The lowest BCUT2D eigenvalue weighted by molar-refractivity contribution is -0.127. The van der Waals surface area contributed by atoms with Crippen LogP contribution in [-0.2, 0) is 9.59 Å². The van der Waals surface area contributed by atoms with Crippen LogP contribution >= 0.6 is 23.2 Å². The maximum absolute atomic E-state index is 12.6. The second kappa shape index (κ2) is 9.85. The van der Waals surface area contributed by atoms with Crippen LogP contribution in [0.4, 0.5) is 10.5 Å². The minimum absolute atomic E-state index is 0.0185. The number of carbonyl (C=O) groups excluding carboxylic acids is 3. The number of benzene rings is 2. The highest BCUT2D eigenvalue weighted by Crippen LogP contribution is 2.28. The molecule has 1 fully saturated rings. The monoisotopic (exact) mass is 461 g/mol. The molecule has 0 aliphatic carbocycles. The molecular formula is C22H21Cl2N3O4. The minimum Gasteiger partial charge on any atom is -0.489 e. The van der Waals surface area contributed by atoms with Crippen LogP contribution in [0, 0.1) is 0 Å². The highest BCUT2D eigenvalue weighted by Gasteiger charge is 2.34.